The molecule has 10 aromatic rings. The molecule has 55 heavy (non-hydrogen) atoms. The van der Waals surface area contributed by atoms with Gasteiger partial charge in [-0.1, -0.05) is 182 Å². The lowest BCUT2D eigenvalue weighted by atomic mass is 9.93. The molecule has 0 atom stereocenters. The van der Waals surface area contributed by atoms with Crippen molar-refractivity contribution >= 4 is 21.9 Å². The van der Waals surface area contributed by atoms with Crippen LogP contribution in [0.4, 0.5) is 0 Å². The number of nitrogens with zero attached hydrogens (tertiary/aromatic N) is 3. The summed E-state index contributed by atoms with van der Waals surface area (Å²) in [4.78, 5) is 15.2. The number of aromatic nitrogens is 3. The van der Waals surface area contributed by atoms with E-state index in [1.165, 1.54) is 22.3 Å². The maximum atomic E-state index is 6.84. The highest BCUT2D eigenvalue weighted by molar-refractivity contribution is 6.16. The van der Waals surface area contributed by atoms with E-state index in [0.717, 1.165) is 60.9 Å². The summed E-state index contributed by atoms with van der Waals surface area (Å²) in [6.45, 7) is 0. The second-order valence-corrected chi connectivity index (χ2v) is 13.6. The fourth-order valence-corrected chi connectivity index (χ4v) is 7.38. The molecule has 0 spiro atoms. The van der Waals surface area contributed by atoms with Gasteiger partial charge in [0.2, 0.25) is 0 Å². The predicted octanol–water partition coefficient (Wildman–Crippen LogP) is 13.4. The van der Waals surface area contributed by atoms with E-state index in [1.54, 1.807) is 0 Å². The van der Waals surface area contributed by atoms with Gasteiger partial charge in [0.15, 0.2) is 17.5 Å². The van der Waals surface area contributed by atoms with Crippen molar-refractivity contribution in [1.82, 2.24) is 15.0 Å². The fraction of sp³-hybridized carbons (Fsp3) is 0. The molecule has 258 valence electrons. The summed E-state index contributed by atoms with van der Waals surface area (Å²) in [5.74, 6) is 1.83. The van der Waals surface area contributed by atoms with Crippen molar-refractivity contribution in [2.24, 2.45) is 0 Å². The van der Waals surface area contributed by atoms with Crippen LogP contribution in [0.15, 0.2) is 205 Å². The van der Waals surface area contributed by atoms with Crippen molar-refractivity contribution in [1.29, 1.82) is 0 Å². The minimum atomic E-state index is 0.590. The van der Waals surface area contributed by atoms with Crippen molar-refractivity contribution in [3.8, 4) is 78.7 Å². The molecule has 0 fully saturated rings. The van der Waals surface area contributed by atoms with Crippen LogP contribution in [0.1, 0.15) is 0 Å². The molecule has 2 heterocycles. The van der Waals surface area contributed by atoms with Gasteiger partial charge in [-0.3, -0.25) is 0 Å². The van der Waals surface area contributed by atoms with E-state index in [-0.39, 0.29) is 0 Å². The van der Waals surface area contributed by atoms with Crippen LogP contribution < -0.4 is 0 Å². The lowest BCUT2D eigenvalue weighted by molar-refractivity contribution is 0.670. The molecule has 4 heteroatoms. The molecule has 10 rings (SSSR count). The molecule has 0 radical (unpaired) electrons. The summed E-state index contributed by atoms with van der Waals surface area (Å²) < 4.78 is 6.84. The van der Waals surface area contributed by atoms with Crippen LogP contribution in [0.3, 0.4) is 0 Å². The number of rotatable bonds is 7. The second kappa shape index (κ2) is 13.8. The Kier molecular flexibility index (Phi) is 8.12. The summed E-state index contributed by atoms with van der Waals surface area (Å²) in [5, 5.41) is 1.96. The van der Waals surface area contributed by atoms with E-state index < -0.39 is 0 Å². The normalized spacial score (nSPS) is 11.3. The van der Waals surface area contributed by atoms with Crippen molar-refractivity contribution < 1.29 is 4.42 Å². The molecule has 0 unspecified atom stereocenters. The highest BCUT2D eigenvalue weighted by Crippen LogP contribution is 2.43. The van der Waals surface area contributed by atoms with Crippen molar-refractivity contribution in [2.45, 2.75) is 0 Å². The van der Waals surface area contributed by atoms with Crippen LogP contribution in [0.2, 0.25) is 0 Å². The molecule has 0 aliphatic rings. The average Bonchev–Trinajstić information content (AvgIpc) is 3.66. The minimum absolute atomic E-state index is 0.590. The summed E-state index contributed by atoms with van der Waals surface area (Å²) in [7, 11) is 0. The smallest absolute Gasteiger partial charge is 0.164 e. The Hall–Kier alpha value is -7.43. The van der Waals surface area contributed by atoms with Crippen LogP contribution in [0.25, 0.3) is 101 Å². The molecule has 8 aromatic carbocycles. The molecule has 0 bridgehead atoms. The Balaban J connectivity index is 1.19. The third-order valence-corrected chi connectivity index (χ3v) is 10.2. The molecule has 0 saturated heterocycles. The summed E-state index contributed by atoms with van der Waals surface area (Å²) in [6, 6.07) is 69.3. The molecule has 0 N–H and O–H groups in total. The van der Waals surface area contributed by atoms with E-state index in [2.05, 4.69) is 115 Å². The minimum Gasteiger partial charge on any atom is -0.455 e. The van der Waals surface area contributed by atoms with Gasteiger partial charge in [0, 0.05) is 33.0 Å². The van der Waals surface area contributed by atoms with Gasteiger partial charge in [-0.15, -0.1) is 0 Å². The Labute approximate surface area is 319 Å². The quantitative estimate of drug-likeness (QED) is 0.166. The topological polar surface area (TPSA) is 51.8 Å². The fourth-order valence-electron chi connectivity index (χ4n) is 7.38. The van der Waals surface area contributed by atoms with Gasteiger partial charge < -0.3 is 4.42 Å². The largest absolute Gasteiger partial charge is 0.455 e. The van der Waals surface area contributed by atoms with Crippen LogP contribution in [0.5, 0.6) is 0 Å². The van der Waals surface area contributed by atoms with Crippen molar-refractivity contribution in [3.63, 3.8) is 0 Å². The molecule has 0 saturated carbocycles. The Morgan fingerprint density at radius 2 is 0.709 bits per heavy atom. The first kappa shape index (κ1) is 32.2. The van der Waals surface area contributed by atoms with Crippen LogP contribution in [-0.2, 0) is 0 Å². The third kappa shape index (κ3) is 6.16. The molecule has 0 amide bonds. The van der Waals surface area contributed by atoms with Gasteiger partial charge in [-0.2, -0.15) is 0 Å². The molecule has 0 aliphatic heterocycles. The number of fused-ring (bicyclic) bond motifs is 3. The Morgan fingerprint density at radius 3 is 1.22 bits per heavy atom. The van der Waals surface area contributed by atoms with Gasteiger partial charge in [-0.05, 0) is 57.1 Å². The first-order valence-electron chi connectivity index (χ1n) is 18.4. The molecule has 4 nitrogen and oxygen atoms in total. The Bertz CT molecular complexity index is 2870. The van der Waals surface area contributed by atoms with Gasteiger partial charge in [0.25, 0.3) is 0 Å². The predicted molar refractivity (Wildman–Crippen MR) is 225 cm³/mol. The maximum Gasteiger partial charge on any atom is 0.164 e. The lowest BCUT2D eigenvalue weighted by Gasteiger charge is -2.11. The number of hydrogen-bond donors (Lipinski definition) is 0. The van der Waals surface area contributed by atoms with Crippen LogP contribution in [-0.4, -0.2) is 15.0 Å². The van der Waals surface area contributed by atoms with E-state index in [1.807, 2.05) is 84.9 Å². The summed E-state index contributed by atoms with van der Waals surface area (Å²) in [6.07, 6.45) is 0. The molecular formula is C51H33N3O. The first-order valence-corrected chi connectivity index (χ1v) is 18.4. The van der Waals surface area contributed by atoms with E-state index in [0.29, 0.717) is 17.5 Å². The van der Waals surface area contributed by atoms with Gasteiger partial charge >= 0.3 is 0 Å². The maximum absolute atomic E-state index is 6.84. The lowest BCUT2D eigenvalue weighted by Crippen LogP contribution is -2.00. The average molecular weight is 704 g/mol. The van der Waals surface area contributed by atoms with Crippen LogP contribution in [0, 0.1) is 0 Å². The van der Waals surface area contributed by atoms with E-state index in [4.69, 9.17) is 19.4 Å². The SMILES string of the molecule is c1ccc(-c2ccc(-c3cc(-c4ccc(-c5ccccc5)cc4)c4oc5cccc(-c6nc(-c7ccccc7)nc(-c7ccccc7)n6)c5c4c3)cc2)cc1. The van der Waals surface area contributed by atoms with Gasteiger partial charge in [0.05, 0.1) is 0 Å². The zero-order valence-corrected chi connectivity index (χ0v) is 29.8. The number of furan rings is 1. The van der Waals surface area contributed by atoms with E-state index >= 15 is 0 Å². The first-order chi connectivity index (χ1) is 27.2. The van der Waals surface area contributed by atoms with Crippen molar-refractivity contribution in [2.75, 3.05) is 0 Å². The number of benzene rings is 8. The van der Waals surface area contributed by atoms with Crippen molar-refractivity contribution in [3.05, 3.63) is 200 Å². The second-order valence-electron chi connectivity index (χ2n) is 13.6. The monoisotopic (exact) mass is 703 g/mol. The van der Waals surface area contributed by atoms with Crippen LogP contribution >= 0.6 is 0 Å². The highest BCUT2D eigenvalue weighted by atomic mass is 16.3. The van der Waals surface area contributed by atoms with Gasteiger partial charge in [-0.25, -0.2) is 15.0 Å². The zero-order chi connectivity index (χ0) is 36.6. The number of hydrogen-bond acceptors (Lipinski definition) is 4. The molecule has 0 aliphatic carbocycles. The standard InChI is InChI=1S/C51H33N3O/c1-5-14-34(15-6-1)36-24-26-38(27-25-36)42-32-44(39-30-28-37(29-31-39)35-16-7-2-8-17-35)48-45(33-42)47-43(22-13-23-46(47)55-48)51-53-49(40-18-9-3-10-19-40)52-50(54-51)41-20-11-4-12-21-41/h1-33H. The summed E-state index contributed by atoms with van der Waals surface area (Å²) in [5.41, 5.74) is 13.4. The zero-order valence-electron chi connectivity index (χ0n) is 29.8. The highest BCUT2D eigenvalue weighted by Gasteiger charge is 2.21. The van der Waals surface area contributed by atoms with E-state index in [9.17, 15) is 0 Å². The summed E-state index contributed by atoms with van der Waals surface area (Å²) >= 11 is 0. The molecular weight excluding hydrogens is 671 g/mol. The Morgan fingerprint density at radius 1 is 0.291 bits per heavy atom. The third-order valence-electron chi connectivity index (χ3n) is 10.2. The molecule has 2 aromatic heterocycles. The van der Waals surface area contributed by atoms with Gasteiger partial charge in [0.1, 0.15) is 11.2 Å².